The molecule has 0 atom stereocenters. The van der Waals surface area contributed by atoms with Gasteiger partial charge in [0, 0.05) is 17.9 Å². The van der Waals surface area contributed by atoms with E-state index in [-0.39, 0.29) is 5.78 Å². The van der Waals surface area contributed by atoms with Crippen LogP contribution in [-0.4, -0.2) is 12.9 Å². The Morgan fingerprint density at radius 1 is 1.10 bits per heavy atom. The molecule has 0 aromatic heterocycles. The molecule has 0 aliphatic carbocycles. The lowest BCUT2D eigenvalue weighted by Gasteiger charge is -2.06. The van der Waals surface area contributed by atoms with Crippen molar-refractivity contribution in [2.45, 2.75) is 12.8 Å². The minimum Gasteiger partial charge on any atom is -0.496 e. The Labute approximate surface area is 131 Å². The van der Waals surface area contributed by atoms with Crippen LogP contribution in [-0.2, 0) is 17.6 Å². The fourth-order valence-electron chi connectivity index (χ4n) is 1.94. The third-order valence-electron chi connectivity index (χ3n) is 2.93. The first-order valence-corrected chi connectivity index (χ1v) is 7.34. The lowest BCUT2D eigenvalue weighted by atomic mass is 10.0. The van der Waals surface area contributed by atoms with Gasteiger partial charge in [-0.25, -0.2) is 0 Å². The van der Waals surface area contributed by atoms with Gasteiger partial charge in [0.1, 0.15) is 11.5 Å². The van der Waals surface area contributed by atoms with Gasteiger partial charge in [0.15, 0.2) is 0 Å². The van der Waals surface area contributed by atoms with Crippen LogP contribution in [0.2, 0.25) is 5.02 Å². The van der Waals surface area contributed by atoms with E-state index >= 15 is 0 Å². The summed E-state index contributed by atoms with van der Waals surface area (Å²) in [6.45, 7) is 0. The van der Waals surface area contributed by atoms with E-state index in [0.29, 0.717) is 17.9 Å². The molecule has 0 fully saturated rings. The smallest absolute Gasteiger partial charge is 0.141 e. The average molecular weight is 354 g/mol. The summed E-state index contributed by atoms with van der Waals surface area (Å²) in [4.78, 5) is 12.1. The fourth-order valence-corrected chi connectivity index (χ4v) is 2.65. The number of rotatable bonds is 5. The number of halogens is 2. The minimum absolute atomic E-state index is 0.171. The van der Waals surface area contributed by atoms with Gasteiger partial charge in [0.25, 0.3) is 0 Å². The summed E-state index contributed by atoms with van der Waals surface area (Å²) in [6, 6.07) is 13.0. The third kappa shape index (κ3) is 4.09. The van der Waals surface area contributed by atoms with Crippen molar-refractivity contribution in [2.75, 3.05) is 7.11 Å². The molecule has 2 nitrogen and oxygen atoms in total. The Morgan fingerprint density at radius 2 is 1.70 bits per heavy atom. The molecule has 0 heterocycles. The molecule has 0 bridgehead atoms. The first-order chi connectivity index (χ1) is 9.58. The van der Waals surface area contributed by atoms with Crippen LogP contribution in [0.15, 0.2) is 46.9 Å². The van der Waals surface area contributed by atoms with Crippen LogP contribution in [0.4, 0.5) is 0 Å². The zero-order valence-corrected chi connectivity index (χ0v) is 13.4. The van der Waals surface area contributed by atoms with Crippen molar-refractivity contribution < 1.29 is 9.53 Å². The van der Waals surface area contributed by atoms with Crippen molar-refractivity contribution in [1.29, 1.82) is 0 Å². The van der Waals surface area contributed by atoms with E-state index in [1.54, 1.807) is 19.2 Å². The van der Waals surface area contributed by atoms with Gasteiger partial charge in [0.2, 0.25) is 0 Å². The lowest BCUT2D eigenvalue weighted by molar-refractivity contribution is -0.117. The zero-order chi connectivity index (χ0) is 14.5. The number of carbonyl (C=O) groups excluding carboxylic acids is 1. The van der Waals surface area contributed by atoms with E-state index in [0.717, 1.165) is 21.3 Å². The third-order valence-corrected chi connectivity index (χ3v) is 3.80. The molecule has 2 aromatic carbocycles. The molecule has 0 unspecified atom stereocenters. The zero-order valence-electron chi connectivity index (χ0n) is 11.0. The van der Waals surface area contributed by atoms with Gasteiger partial charge < -0.3 is 4.74 Å². The summed E-state index contributed by atoms with van der Waals surface area (Å²) >= 11 is 9.24. The summed E-state index contributed by atoms with van der Waals surface area (Å²) in [5.41, 5.74) is 1.95. The van der Waals surface area contributed by atoms with Crippen LogP contribution in [0.25, 0.3) is 0 Å². The highest BCUT2D eigenvalue weighted by Gasteiger charge is 2.08. The molecule has 0 spiro atoms. The van der Waals surface area contributed by atoms with Crippen LogP contribution < -0.4 is 4.74 Å². The van der Waals surface area contributed by atoms with Gasteiger partial charge >= 0.3 is 0 Å². The molecule has 2 rings (SSSR count). The van der Waals surface area contributed by atoms with Crippen LogP contribution >= 0.6 is 27.5 Å². The number of Topliss-reactive ketones (excluding diaryl/α,β-unsaturated/α-hetero) is 1. The van der Waals surface area contributed by atoms with Crippen LogP contribution in [0.3, 0.4) is 0 Å². The molecule has 0 saturated heterocycles. The molecular weight excluding hydrogens is 340 g/mol. The van der Waals surface area contributed by atoms with Crippen molar-refractivity contribution in [3.63, 3.8) is 0 Å². The highest BCUT2D eigenvalue weighted by Crippen LogP contribution is 2.25. The summed E-state index contributed by atoms with van der Waals surface area (Å²) in [5, 5.41) is 0.681. The number of hydrogen-bond acceptors (Lipinski definition) is 2. The highest BCUT2D eigenvalue weighted by molar-refractivity contribution is 9.10. The van der Waals surface area contributed by atoms with Crippen LogP contribution in [0, 0.1) is 0 Å². The van der Waals surface area contributed by atoms with E-state index in [2.05, 4.69) is 15.9 Å². The second-order valence-corrected chi connectivity index (χ2v) is 5.78. The fraction of sp³-hybridized carbons (Fsp3) is 0.188. The monoisotopic (exact) mass is 352 g/mol. The number of hydrogen-bond donors (Lipinski definition) is 0. The molecular formula is C16H14BrClO2. The molecule has 0 amide bonds. The maximum Gasteiger partial charge on any atom is 0.141 e. The number of methoxy groups -OCH3 is 1. The van der Waals surface area contributed by atoms with E-state index in [1.807, 2.05) is 30.3 Å². The quantitative estimate of drug-likeness (QED) is 0.793. The van der Waals surface area contributed by atoms with Crippen LogP contribution in [0.5, 0.6) is 5.75 Å². The first kappa shape index (κ1) is 15.1. The Hall–Kier alpha value is -1.32. The minimum atomic E-state index is 0.171. The first-order valence-electron chi connectivity index (χ1n) is 6.17. The predicted octanol–water partition coefficient (Wildman–Crippen LogP) is 4.47. The summed E-state index contributed by atoms with van der Waals surface area (Å²) < 4.78 is 6.03. The number of ketones is 1. The van der Waals surface area contributed by atoms with Crippen molar-refractivity contribution in [1.82, 2.24) is 0 Å². The Bertz CT molecular complexity index is 608. The molecule has 0 radical (unpaired) electrons. The summed E-state index contributed by atoms with van der Waals surface area (Å²) in [5.74, 6) is 0.934. The van der Waals surface area contributed by atoms with Gasteiger partial charge in [-0.15, -0.1) is 0 Å². The topological polar surface area (TPSA) is 26.3 Å². The van der Waals surface area contributed by atoms with E-state index < -0.39 is 0 Å². The predicted molar refractivity (Wildman–Crippen MR) is 84.6 cm³/mol. The number of ether oxygens (including phenoxy) is 1. The molecule has 104 valence electrons. The van der Waals surface area contributed by atoms with Gasteiger partial charge in [-0.2, -0.15) is 0 Å². The van der Waals surface area contributed by atoms with Crippen molar-refractivity contribution in [2.24, 2.45) is 0 Å². The number of benzene rings is 2. The average Bonchev–Trinajstić information content (AvgIpc) is 2.41. The van der Waals surface area contributed by atoms with E-state index in [4.69, 9.17) is 16.3 Å². The summed E-state index contributed by atoms with van der Waals surface area (Å²) in [7, 11) is 1.62. The van der Waals surface area contributed by atoms with Crippen molar-refractivity contribution >= 4 is 33.3 Å². The van der Waals surface area contributed by atoms with Gasteiger partial charge in [0.05, 0.1) is 11.6 Å². The standard InChI is InChI=1S/C16H14BrClO2/c1-20-16-7-4-12(10-15(16)17)9-14(19)8-11-2-5-13(18)6-3-11/h2-7,10H,8-9H2,1H3. The maximum atomic E-state index is 12.1. The highest BCUT2D eigenvalue weighted by atomic mass is 79.9. The normalized spacial score (nSPS) is 10.3. The van der Waals surface area contributed by atoms with Crippen molar-refractivity contribution in [3.8, 4) is 5.75 Å². The van der Waals surface area contributed by atoms with E-state index in [1.165, 1.54) is 0 Å². The SMILES string of the molecule is COc1ccc(CC(=O)Cc2ccc(Cl)cc2)cc1Br. The molecule has 0 aliphatic heterocycles. The van der Waals surface area contributed by atoms with Crippen molar-refractivity contribution in [3.05, 3.63) is 63.1 Å². The maximum absolute atomic E-state index is 12.1. The van der Waals surface area contributed by atoms with Gasteiger partial charge in [-0.05, 0) is 51.3 Å². The molecule has 4 heteroatoms. The second-order valence-electron chi connectivity index (χ2n) is 4.49. The van der Waals surface area contributed by atoms with Gasteiger partial charge in [-0.3, -0.25) is 4.79 Å². The lowest BCUT2D eigenvalue weighted by Crippen LogP contribution is -2.06. The molecule has 2 aromatic rings. The van der Waals surface area contributed by atoms with Crippen LogP contribution in [0.1, 0.15) is 11.1 Å². The van der Waals surface area contributed by atoms with E-state index in [9.17, 15) is 4.79 Å². The summed E-state index contributed by atoms with van der Waals surface area (Å²) in [6.07, 6.45) is 0.825. The largest absolute Gasteiger partial charge is 0.496 e. The molecule has 0 N–H and O–H groups in total. The Balaban J connectivity index is 2.01. The molecule has 0 aliphatic rings. The Kier molecular flexibility index (Phi) is 5.21. The Morgan fingerprint density at radius 3 is 2.30 bits per heavy atom. The number of carbonyl (C=O) groups is 1. The molecule has 20 heavy (non-hydrogen) atoms. The van der Waals surface area contributed by atoms with Gasteiger partial charge in [-0.1, -0.05) is 29.8 Å². The second kappa shape index (κ2) is 6.91. The molecule has 0 saturated carbocycles.